The summed E-state index contributed by atoms with van der Waals surface area (Å²) in [5.74, 6) is 1.81. The Kier molecular flexibility index (Phi) is 5.29. The average molecular weight is 426 g/mol. The van der Waals surface area contributed by atoms with Gasteiger partial charge in [-0.3, -0.25) is 0 Å². The quantitative estimate of drug-likeness (QED) is 0.326. The molecule has 6 heteroatoms. The predicted octanol–water partition coefficient (Wildman–Crippen LogP) is 6.16. The van der Waals surface area contributed by atoms with E-state index in [0.29, 0.717) is 18.4 Å². The van der Waals surface area contributed by atoms with Crippen molar-refractivity contribution in [1.82, 2.24) is 15.2 Å². The lowest BCUT2D eigenvalue weighted by atomic mass is 10.0. The second kappa shape index (κ2) is 8.53. The number of aryl methyl sites for hydroxylation is 1. The molecule has 3 aromatic heterocycles. The van der Waals surface area contributed by atoms with E-state index in [9.17, 15) is 0 Å². The normalized spacial score (nSPS) is 11.7. The maximum Gasteiger partial charge on any atom is 0.248 e. The van der Waals surface area contributed by atoms with Crippen molar-refractivity contribution in [3.05, 3.63) is 106 Å². The fraction of sp³-hybridized carbons (Fsp3) is 0.0800. The number of thiophene rings is 1. The Hall–Kier alpha value is -3.77. The van der Waals surface area contributed by atoms with E-state index >= 15 is 0 Å². The molecule has 152 valence electrons. The van der Waals surface area contributed by atoms with Crippen LogP contribution in [0.25, 0.3) is 22.6 Å². The van der Waals surface area contributed by atoms with Gasteiger partial charge in [-0.1, -0.05) is 42.5 Å². The first-order valence-corrected chi connectivity index (χ1v) is 10.8. The van der Waals surface area contributed by atoms with Crippen molar-refractivity contribution in [3.63, 3.8) is 0 Å². The van der Waals surface area contributed by atoms with Crippen molar-refractivity contribution >= 4 is 33.9 Å². The van der Waals surface area contributed by atoms with Gasteiger partial charge in [0.25, 0.3) is 0 Å². The molecule has 0 bridgehead atoms. The predicted molar refractivity (Wildman–Crippen MR) is 123 cm³/mol. The summed E-state index contributed by atoms with van der Waals surface area (Å²) < 4.78 is 11.7. The van der Waals surface area contributed by atoms with Crippen molar-refractivity contribution in [2.45, 2.75) is 13.5 Å². The summed E-state index contributed by atoms with van der Waals surface area (Å²) in [6.07, 6.45) is 2.06. The number of hydrogen-bond acceptors (Lipinski definition) is 6. The first-order chi connectivity index (χ1) is 15.2. The zero-order chi connectivity index (χ0) is 21.0. The minimum atomic E-state index is 0.408. The minimum Gasteiger partial charge on any atom is -0.487 e. The topological polar surface area (TPSA) is 61.0 Å². The molecule has 0 aliphatic carbocycles. The number of aromatic nitrogens is 3. The molecule has 0 spiro atoms. The molecule has 0 N–H and O–H groups in total. The van der Waals surface area contributed by atoms with E-state index in [2.05, 4.69) is 39.5 Å². The van der Waals surface area contributed by atoms with E-state index in [1.54, 1.807) is 18.3 Å². The summed E-state index contributed by atoms with van der Waals surface area (Å²) in [6.45, 7) is 2.20. The number of para-hydroxylation sites is 1. The summed E-state index contributed by atoms with van der Waals surface area (Å²) in [6, 6.07) is 24.1. The highest BCUT2D eigenvalue weighted by Crippen LogP contribution is 2.28. The van der Waals surface area contributed by atoms with Gasteiger partial charge >= 0.3 is 0 Å². The molecule has 0 aliphatic rings. The molecule has 0 amide bonds. The van der Waals surface area contributed by atoms with Crippen LogP contribution in [0.15, 0.2) is 82.6 Å². The van der Waals surface area contributed by atoms with Gasteiger partial charge in [-0.25, -0.2) is 4.98 Å². The SMILES string of the molecule is Cc1nnc(C(=Cc2cccs2)c2ccc(OCc3ccc4ccccc4n3)cc2)o1. The lowest BCUT2D eigenvalue weighted by Crippen LogP contribution is -1.98. The van der Waals surface area contributed by atoms with Gasteiger partial charge < -0.3 is 9.15 Å². The van der Waals surface area contributed by atoms with Gasteiger partial charge in [0.1, 0.15) is 12.4 Å². The smallest absolute Gasteiger partial charge is 0.248 e. The van der Waals surface area contributed by atoms with Gasteiger partial charge in [0, 0.05) is 22.8 Å². The van der Waals surface area contributed by atoms with Crippen LogP contribution >= 0.6 is 11.3 Å². The summed E-state index contributed by atoms with van der Waals surface area (Å²) >= 11 is 1.66. The van der Waals surface area contributed by atoms with Gasteiger partial charge in [0.2, 0.25) is 11.8 Å². The van der Waals surface area contributed by atoms with Crippen LogP contribution < -0.4 is 4.74 Å². The Bertz CT molecular complexity index is 1340. The van der Waals surface area contributed by atoms with Crippen molar-refractivity contribution in [2.24, 2.45) is 0 Å². The van der Waals surface area contributed by atoms with Crippen LogP contribution in [0, 0.1) is 6.92 Å². The Morgan fingerprint density at radius 3 is 2.61 bits per heavy atom. The van der Waals surface area contributed by atoms with Gasteiger partial charge in [0.15, 0.2) is 0 Å². The fourth-order valence-corrected chi connectivity index (χ4v) is 3.92. The van der Waals surface area contributed by atoms with Crippen LogP contribution in [0.3, 0.4) is 0 Å². The Labute approximate surface area is 183 Å². The molecule has 0 saturated carbocycles. The zero-order valence-corrected chi connectivity index (χ0v) is 17.7. The van der Waals surface area contributed by atoms with Gasteiger partial charge in [0.05, 0.1) is 11.2 Å². The fourth-order valence-electron chi connectivity index (χ4n) is 3.27. The lowest BCUT2D eigenvalue weighted by molar-refractivity contribution is 0.302. The maximum absolute atomic E-state index is 5.96. The summed E-state index contributed by atoms with van der Waals surface area (Å²) in [7, 11) is 0. The van der Waals surface area contributed by atoms with E-state index in [1.807, 2.05) is 60.0 Å². The molecular formula is C25H19N3O2S. The van der Waals surface area contributed by atoms with E-state index in [1.165, 1.54) is 0 Å². The third-order valence-corrected chi connectivity index (χ3v) is 5.61. The van der Waals surface area contributed by atoms with Crippen LogP contribution in [-0.2, 0) is 6.61 Å². The van der Waals surface area contributed by atoms with Crippen LogP contribution in [0.2, 0.25) is 0 Å². The summed E-state index contributed by atoms with van der Waals surface area (Å²) in [5, 5.41) is 11.3. The molecule has 2 aromatic carbocycles. The number of pyridine rings is 1. The number of fused-ring (bicyclic) bond motifs is 1. The highest BCUT2D eigenvalue weighted by Gasteiger charge is 2.13. The molecule has 5 nitrogen and oxygen atoms in total. The Morgan fingerprint density at radius 2 is 1.84 bits per heavy atom. The van der Waals surface area contributed by atoms with E-state index in [-0.39, 0.29) is 0 Å². The molecule has 0 saturated heterocycles. The molecule has 0 fully saturated rings. The zero-order valence-electron chi connectivity index (χ0n) is 16.9. The molecule has 5 rings (SSSR count). The van der Waals surface area contributed by atoms with Crippen molar-refractivity contribution < 1.29 is 9.15 Å². The monoisotopic (exact) mass is 425 g/mol. The number of nitrogens with zero attached hydrogens (tertiary/aromatic N) is 3. The van der Waals surface area contributed by atoms with Crippen LogP contribution in [0.5, 0.6) is 5.75 Å². The largest absolute Gasteiger partial charge is 0.487 e. The van der Waals surface area contributed by atoms with Gasteiger partial charge in [-0.15, -0.1) is 21.5 Å². The number of benzene rings is 2. The molecule has 31 heavy (non-hydrogen) atoms. The Balaban J connectivity index is 1.36. The van der Waals surface area contributed by atoms with Crippen molar-refractivity contribution in [1.29, 1.82) is 0 Å². The first-order valence-electron chi connectivity index (χ1n) is 9.88. The van der Waals surface area contributed by atoms with E-state index in [4.69, 9.17) is 9.15 Å². The van der Waals surface area contributed by atoms with Gasteiger partial charge in [-0.2, -0.15) is 0 Å². The van der Waals surface area contributed by atoms with Crippen molar-refractivity contribution in [3.8, 4) is 5.75 Å². The van der Waals surface area contributed by atoms with E-state index < -0.39 is 0 Å². The number of rotatable bonds is 6. The molecular weight excluding hydrogens is 406 g/mol. The molecule has 0 atom stereocenters. The second-order valence-corrected chi connectivity index (χ2v) is 7.99. The number of hydrogen-bond donors (Lipinski definition) is 0. The number of ether oxygens (including phenoxy) is 1. The highest BCUT2D eigenvalue weighted by molar-refractivity contribution is 7.10. The second-order valence-electron chi connectivity index (χ2n) is 7.01. The third kappa shape index (κ3) is 4.39. The summed E-state index contributed by atoms with van der Waals surface area (Å²) in [4.78, 5) is 5.78. The minimum absolute atomic E-state index is 0.408. The molecule has 3 heterocycles. The van der Waals surface area contributed by atoms with Crippen LogP contribution in [-0.4, -0.2) is 15.2 Å². The molecule has 0 unspecified atom stereocenters. The van der Waals surface area contributed by atoms with Crippen LogP contribution in [0.4, 0.5) is 0 Å². The molecule has 0 aliphatic heterocycles. The first kappa shape index (κ1) is 19.2. The summed E-state index contributed by atoms with van der Waals surface area (Å²) in [5.41, 5.74) is 3.72. The third-order valence-electron chi connectivity index (χ3n) is 4.79. The van der Waals surface area contributed by atoms with Gasteiger partial charge in [-0.05, 0) is 47.4 Å². The molecule has 5 aromatic rings. The lowest BCUT2D eigenvalue weighted by Gasteiger charge is -2.08. The highest BCUT2D eigenvalue weighted by atomic mass is 32.1. The van der Waals surface area contributed by atoms with Crippen molar-refractivity contribution in [2.75, 3.05) is 0 Å². The maximum atomic E-state index is 5.96. The molecule has 0 radical (unpaired) electrons. The standard InChI is InChI=1S/C25H19N3O2S/c1-17-27-28-25(30-17)23(15-22-6-4-14-31-22)18-9-12-21(13-10-18)29-16-20-11-8-19-5-2-3-7-24(19)26-20/h2-15H,16H2,1H3. The van der Waals surface area contributed by atoms with E-state index in [0.717, 1.165) is 38.4 Å². The average Bonchev–Trinajstić information content (AvgIpc) is 3.48. The Morgan fingerprint density at radius 1 is 0.968 bits per heavy atom. The van der Waals surface area contributed by atoms with Crippen LogP contribution in [0.1, 0.15) is 27.9 Å².